The van der Waals surface area contributed by atoms with E-state index in [4.69, 9.17) is 0 Å². The van der Waals surface area contributed by atoms with Crippen LogP contribution in [0, 0.1) is 0 Å². The van der Waals surface area contributed by atoms with Crippen molar-refractivity contribution < 1.29 is 4.79 Å². The Morgan fingerprint density at radius 3 is 2.78 bits per heavy atom. The van der Waals surface area contributed by atoms with Crippen LogP contribution in [0.3, 0.4) is 0 Å². The van der Waals surface area contributed by atoms with Crippen LogP contribution in [-0.2, 0) is 11.2 Å². The van der Waals surface area contributed by atoms with E-state index in [1.54, 1.807) is 11.3 Å². The summed E-state index contributed by atoms with van der Waals surface area (Å²) in [5, 5.41) is 6.13. The second kappa shape index (κ2) is 7.48. The summed E-state index contributed by atoms with van der Waals surface area (Å²) in [6.45, 7) is 5.75. The third-order valence-corrected chi connectivity index (χ3v) is 3.53. The number of amides is 1. The highest BCUT2D eigenvalue weighted by molar-refractivity contribution is 7.09. The third kappa shape index (κ3) is 5.60. The number of nitrogens with zero attached hydrogens (tertiary/aromatic N) is 2. The molecule has 0 fully saturated rings. The first-order chi connectivity index (χ1) is 8.49. The number of carbonyl (C=O) groups excluding carboxylic acids is 1. The van der Waals surface area contributed by atoms with Gasteiger partial charge < -0.3 is 10.2 Å². The molecule has 0 saturated heterocycles. The fourth-order valence-corrected chi connectivity index (χ4v) is 2.39. The van der Waals surface area contributed by atoms with E-state index in [9.17, 15) is 4.79 Å². The monoisotopic (exact) mass is 269 g/mol. The second-order valence-electron chi connectivity index (χ2n) is 4.97. The molecular weight excluding hydrogens is 246 g/mol. The van der Waals surface area contributed by atoms with Crippen LogP contribution < -0.4 is 5.32 Å². The average Bonchev–Trinajstić information content (AvgIpc) is 2.75. The lowest BCUT2D eigenvalue weighted by Crippen LogP contribution is -2.28. The van der Waals surface area contributed by atoms with E-state index in [-0.39, 0.29) is 5.91 Å². The summed E-state index contributed by atoms with van der Waals surface area (Å²) in [6.07, 6.45) is 1.38. The second-order valence-corrected chi connectivity index (χ2v) is 5.92. The Labute approximate surface area is 113 Å². The van der Waals surface area contributed by atoms with Crippen molar-refractivity contribution in [3.05, 3.63) is 16.1 Å². The average molecular weight is 269 g/mol. The number of rotatable bonds is 7. The molecule has 1 rings (SSSR count). The fraction of sp³-hybridized carbons (Fsp3) is 0.692. The van der Waals surface area contributed by atoms with Gasteiger partial charge in [-0.25, -0.2) is 4.98 Å². The maximum atomic E-state index is 11.5. The SMILES string of the molecule is CC(C)c1csc(CCNC(=O)CCN(C)C)n1. The Balaban J connectivity index is 2.22. The summed E-state index contributed by atoms with van der Waals surface area (Å²) in [4.78, 5) is 18.0. The molecule has 0 unspecified atom stereocenters. The van der Waals surface area contributed by atoms with Crippen LogP contribution in [0.2, 0.25) is 0 Å². The van der Waals surface area contributed by atoms with Crippen LogP contribution in [0.25, 0.3) is 0 Å². The molecule has 18 heavy (non-hydrogen) atoms. The van der Waals surface area contributed by atoms with Crippen molar-refractivity contribution in [2.45, 2.75) is 32.6 Å². The number of carbonyl (C=O) groups is 1. The highest BCUT2D eigenvalue weighted by Crippen LogP contribution is 2.17. The molecule has 1 aromatic rings. The maximum absolute atomic E-state index is 11.5. The zero-order valence-corrected chi connectivity index (χ0v) is 12.5. The van der Waals surface area contributed by atoms with Gasteiger partial charge in [-0.2, -0.15) is 0 Å². The zero-order valence-electron chi connectivity index (χ0n) is 11.7. The molecule has 0 aliphatic heterocycles. The van der Waals surface area contributed by atoms with Crippen molar-refractivity contribution in [2.24, 2.45) is 0 Å². The molecule has 0 spiro atoms. The van der Waals surface area contributed by atoms with Crippen LogP contribution in [0.15, 0.2) is 5.38 Å². The lowest BCUT2D eigenvalue weighted by Gasteiger charge is -2.09. The van der Waals surface area contributed by atoms with Gasteiger partial charge in [0.1, 0.15) is 0 Å². The molecule has 1 aromatic heterocycles. The van der Waals surface area contributed by atoms with E-state index in [1.807, 2.05) is 19.0 Å². The topological polar surface area (TPSA) is 45.2 Å². The van der Waals surface area contributed by atoms with Gasteiger partial charge in [0.2, 0.25) is 5.91 Å². The molecule has 0 bridgehead atoms. The fourth-order valence-electron chi connectivity index (χ4n) is 1.43. The Kier molecular flexibility index (Phi) is 6.29. The Morgan fingerprint density at radius 2 is 2.22 bits per heavy atom. The predicted molar refractivity (Wildman–Crippen MR) is 76.1 cm³/mol. The lowest BCUT2D eigenvalue weighted by atomic mass is 10.2. The van der Waals surface area contributed by atoms with E-state index >= 15 is 0 Å². The molecule has 0 aliphatic rings. The van der Waals surface area contributed by atoms with Crippen LogP contribution in [0.4, 0.5) is 0 Å². The molecule has 5 heteroatoms. The number of hydrogen-bond acceptors (Lipinski definition) is 4. The zero-order chi connectivity index (χ0) is 13.5. The summed E-state index contributed by atoms with van der Waals surface area (Å²) in [5.74, 6) is 0.592. The summed E-state index contributed by atoms with van der Waals surface area (Å²) in [6, 6.07) is 0. The smallest absolute Gasteiger partial charge is 0.221 e. The van der Waals surface area contributed by atoms with Crippen LogP contribution >= 0.6 is 11.3 Å². The predicted octanol–water partition coefficient (Wildman–Crippen LogP) is 1.88. The molecule has 0 aliphatic carbocycles. The quantitative estimate of drug-likeness (QED) is 0.822. The first kappa shape index (κ1) is 15.1. The van der Waals surface area contributed by atoms with Crippen molar-refractivity contribution in [3.63, 3.8) is 0 Å². The molecule has 0 aromatic carbocycles. The number of hydrogen-bond donors (Lipinski definition) is 1. The van der Waals surface area contributed by atoms with Gasteiger partial charge >= 0.3 is 0 Å². The lowest BCUT2D eigenvalue weighted by molar-refractivity contribution is -0.121. The minimum Gasteiger partial charge on any atom is -0.356 e. The van der Waals surface area contributed by atoms with Crippen LogP contribution in [0.1, 0.15) is 36.9 Å². The molecule has 1 amide bonds. The molecule has 1 heterocycles. The molecule has 1 N–H and O–H groups in total. The Morgan fingerprint density at radius 1 is 1.50 bits per heavy atom. The van der Waals surface area contributed by atoms with E-state index in [1.165, 1.54) is 0 Å². The van der Waals surface area contributed by atoms with Gasteiger partial charge in [-0.3, -0.25) is 4.79 Å². The van der Waals surface area contributed by atoms with Crippen molar-refractivity contribution in [3.8, 4) is 0 Å². The van der Waals surface area contributed by atoms with Gasteiger partial charge in [0.05, 0.1) is 10.7 Å². The van der Waals surface area contributed by atoms with Crippen LogP contribution in [0.5, 0.6) is 0 Å². The number of nitrogens with one attached hydrogen (secondary N) is 1. The third-order valence-electron chi connectivity index (χ3n) is 2.61. The van der Waals surface area contributed by atoms with E-state index in [2.05, 4.69) is 29.5 Å². The highest BCUT2D eigenvalue weighted by atomic mass is 32.1. The summed E-state index contributed by atoms with van der Waals surface area (Å²) in [7, 11) is 3.94. The molecular formula is C13H23N3OS. The largest absolute Gasteiger partial charge is 0.356 e. The molecule has 0 radical (unpaired) electrons. The standard InChI is InChI=1S/C13H23N3OS/c1-10(2)11-9-18-13(15-11)5-7-14-12(17)6-8-16(3)4/h9-10H,5-8H2,1-4H3,(H,14,17). The first-order valence-electron chi connectivity index (χ1n) is 6.34. The summed E-state index contributed by atoms with van der Waals surface area (Å²) >= 11 is 1.68. The Bertz CT molecular complexity index is 374. The van der Waals surface area contributed by atoms with Crippen LogP contribution in [-0.4, -0.2) is 43.0 Å². The van der Waals surface area contributed by atoms with Crippen molar-refractivity contribution in [1.82, 2.24) is 15.2 Å². The van der Waals surface area contributed by atoms with Gasteiger partial charge in [-0.1, -0.05) is 13.8 Å². The van der Waals surface area contributed by atoms with Crippen molar-refractivity contribution in [1.29, 1.82) is 0 Å². The molecule has 0 saturated carbocycles. The summed E-state index contributed by atoms with van der Waals surface area (Å²) in [5.41, 5.74) is 1.15. The summed E-state index contributed by atoms with van der Waals surface area (Å²) < 4.78 is 0. The van der Waals surface area contributed by atoms with Gasteiger partial charge in [-0.05, 0) is 20.0 Å². The maximum Gasteiger partial charge on any atom is 0.221 e. The van der Waals surface area contributed by atoms with Gasteiger partial charge in [-0.15, -0.1) is 11.3 Å². The molecule has 0 atom stereocenters. The highest BCUT2D eigenvalue weighted by Gasteiger charge is 2.06. The molecule has 4 nitrogen and oxygen atoms in total. The number of thiazole rings is 1. The van der Waals surface area contributed by atoms with E-state index < -0.39 is 0 Å². The normalized spacial score (nSPS) is 11.2. The van der Waals surface area contributed by atoms with Gasteiger partial charge in [0.15, 0.2) is 0 Å². The first-order valence-corrected chi connectivity index (χ1v) is 7.22. The Hall–Kier alpha value is -0.940. The van der Waals surface area contributed by atoms with Gasteiger partial charge in [0, 0.05) is 31.3 Å². The minimum atomic E-state index is 0.115. The van der Waals surface area contributed by atoms with Crippen molar-refractivity contribution in [2.75, 3.05) is 27.2 Å². The van der Waals surface area contributed by atoms with Gasteiger partial charge in [0.25, 0.3) is 0 Å². The number of aromatic nitrogens is 1. The van der Waals surface area contributed by atoms with E-state index in [0.717, 1.165) is 23.7 Å². The van der Waals surface area contributed by atoms with E-state index in [0.29, 0.717) is 18.9 Å². The van der Waals surface area contributed by atoms with Crippen molar-refractivity contribution >= 4 is 17.2 Å². The molecule has 102 valence electrons. The minimum absolute atomic E-state index is 0.115.